The van der Waals surface area contributed by atoms with E-state index in [1.54, 1.807) is 0 Å². The summed E-state index contributed by atoms with van der Waals surface area (Å²) < 4.78 is 0. The van der Waals surface area contributed by atoms with E-state index in [0.29, 0.717) is 5.91 Å². The molecule has 2 aliphatic rings. The molecule has 74 valence electrons. The fraction of sp³-hybridized carbons (Fsp3) is 0.909. The van der Waals surface area contributed by atoms with Gasteiger partial charge in [-0.2, -0.15) is 0 Å². The van der Waals surface area contributed by atoms with Crippen LogP contribution in [0.3, 0.4) is 0 Å². The predicted molar refractivity (Wildman–Crippen MR) is 52.3 cm³/mol. The van der Waals surface area contributed by atoms with Gasteiger partial charge >= 0.3 is 0 Å². The minimum absolute atomic E-state index is 0.0976. The monoisotopic (exact) mass is 181 g/mol. The van der Waals surface area contributed by atoms with Crippen molar-refractivity contribution in [1.29, 1.82) is 0 Å². The van der Waals surface area contributed by atoms with Crippen molar-refractivity contribution >= 4 is 5.91 Å². The lowest BCUT2D eigenvalue weighted by Gasteiger charge is -2.50. The number of amides is 1. The highest BCUT2D eigenvalue weighted by Gasteiger charge is 2.51. The Morgan fingerprint density at radius 3 is 2.46 bits per heavy atom. The average molecular weight is 181 g/mol. The standard InChI is InChI=1S/C11H19NO/c1-3-9-4-6-11(7-5-9)8-12(2)10(11)13/h9H,3-8H2,1-2H3. The number of rotatable bonds is 1. The van der Waals surface area contributed by atoms with E-state index in [1.165, 1.54) is 19.3 Å². The number of β-lactam (4-membered cyclic amide) rings is 1. The maximum atomic E-state index is 11.7. The zero-order chi connectivity index (χ0) is 9.47. The number of carbonyl (C=O) groups excluding carboxylic acids is 1. The van der Waals surface area contributed by atoms with Crippen LogP contribution in [-0.4, -0.2) is 24.4 Å². The Labute approximate surface area is 80.3 Å². The summed E-state index contributed by atoms with van der Waals surface area (Å²) in [5.74, 6) is 1.30. The molecule has 0 N–H and O–H groups in total. The number of carbonyl (C=O) groups is 1. The van der Waals surface area contributed by atoms with Crippen molar-refractivity contribution in [1.82, 2.24) is 4.90 Å². The molecule has 0 atom stereocenters. The molecule has 0 unspecified atom stereocenters. The molecule has 0 aromatic carbocycles. The summed E-state index contributed by atoms with van der Waals surface area (Å²) in [5, 5.41) is 0. The Kier molecular flexibility index (Phi) is 2.09. The van der Waals surface area contributed by atoms with Gasteiger partial charge in [0.1, 0.15) is 0 Å². The van der Waals surface area contributed by atoms with E-state index in [0.717, 1.165) is 25.3 Å². The van der Waals surface area contributed by atoms with E-state index in [-0.39, 0.29) is 5.41 Å². The van der Waals surface area contributed by atoms with E-state index in [2.05, 4.69) is 6.92 Å². The van der Waals surface area contributed by atoms with Crippen LogP contribution in [0.4, 0.5) is 0 Å². The third kappa shape index (κ3) is 1.27. The summed E-state index contributed by atoms with van der Waals surface area (Å²) in [7, 11) is 1.92. The van der Waals surface area contributed by atoms with Gasteiger partial charge in [-0.1, -0.05) is 13.3 Å². The molecule has 2 heteroatoms. The Morgan fingerprint density at radius 2 is 2.08 bits per heavy atom. The van der Waals surface area contributed by atoms with E-state index < -0.39 is 0 Å². The highest BCUT2D eigenvalue weighted by molar-refractivity contribution is 5.88. The van der Waals surface area contributed by atoms with Crippen molar-refractivity contribution in [3.63, 3.8) is 0 Å². The Morgan fingerprint density at radius 1 is 1.46 bits per heavy atom. The summed E-state index contributed by atoms with van der Waals surface area (Å²) in [6.45, 7) is 3.28. The molecule has 13 heavy (non-hydrogen) atoms. The molecule has 0 aromatic rings. The highest BCUT2D eigenvalue weighted by atomic mass is 16.2. The molecule has 0 aromatic heterocycles. The third-order valence-electron chi connectivity index (χ3n) is 3.98. The maximum Gasteiger partial charge on any atom is 0.230 e. The van der Waals surface area contributed by atoms with Crippen LogP contribution in [0.25, 0.3) is 0 Å². The van der Waals surface area contributed by atoms with Crippen LogP contribution in [-0.2, 0) is 4.79 Å². The molecule has 2 nitrogen and oxygen atoms in total. The zero-order valence-electron chi connectivity index (χ0n) is 8.68. The number of likely N-dealkylation sites (tertiary alicyclic amines) is 1. The Bertz CT molecular complexity index is 216. The molecule has 1 saturated heterocycles. The quantitative estimate of drug-likeness (QED) is 0.567. The number of hydrogen-bond donors (Lipinski definition) is 0. The van der Waals surface area contributed by atoms with Crippen molar-refractivity contribution in [2.75, 3.05) is 13.6 Å². The van der Waals surface area contributed by atoms with E-state index >= 15 is 0 Å². The minimum atomic E-state index is 0.0976. The van der Waals surface area contributed by atoms with Crippen LogP contribution in [0.5, 0.6) is 0 Å². The smallest absolute Gasteiger partial charge is 0.230 e. The van der Waals surface area contributed by atoms with Gasteiger partial charge in [0.25, 0.3) is 0 Å². The SMILES string of the molecule is CCC1CCC2(CC1)CN(C)C2=O. The van der Waals surface area contributed by atoms with Crippen molar-refractivity contribution in [3.05, 3.63) is 0 Å². The molecule has 1 aliphatic heterocycles. The third-order valence-corrected chi connectivity index (χ3v) is 3.98. The van der Waals surface area contributed by atoms with E-state index in [4.69, 9.17) is 0 Å². The van der Waals surface area contributed by atoms with Crippen LogP contribution in [0.2, 0.25) is 0 Å². The molecule has 1 spiro atoms. The molecule has 0 radical (unpaired) electrons. The average Bonchev–Trinajstić information content (AvgIpc) is 2.19. The van der Waals surface area contributed by atoms with Gasteiger partial charge < -0.3 is 4.90 Å². The Hall–Kier alpha value is -0.530. The van der Waals surface area contributed by atoms with Crippen LogP contribution in [0.15, 0.2) is 0 Å². The predicted octanol–water partition coefficient (Wildman–Crippen LogP) is 2.04. The second-order valence-electron chi connectivity index (χ2n) is 4.79. The molecule has 1 saturated carbocycles. The largest absolute Gasteiger partial charge is 0.344 e. The van der Waals surface area contributed by atoms with Gasteiger partial charge in [0.05, 0.1) is 5.41 Å². The first-order chi connectivity index (χ1) is 6.18. The molecule has 2 rings (SSSR count). The lowest BCUT2D eigenvalue weighted by Crippen LogP contribution is -2.60. The summed E-state index contributed by atoms with van der Waals surface area (Å²) in [6, 6.07) is 0. The highest BCUT2D eigenvalue weighted by Crippen LogP contribution is 2.46. The topological polar surface area (TPSA) is 20.3 Å². The molecule has 1 heterocycles. The molecular formula is C11H19NO. The molecular weight excluding hydrogens is 162 g/mol. The summed E-state index contributed by atoms with van der Waals surface area (Å²) in [6.07, 6.45) is 6.13. The molecule has 1 amide bonds. The van der Waals surface area contributed by atoms with Gasteiger partial charge in [-0.05, 0) is 31.6 Å². The van der Waals surface area contributed by atoms with Gasteiger partial charge in [0, 0.05) is 13.6 Å². The second kappa shape index (κ2) is 3.00. The summed E-state index contributed by atoms with van der Waals surface area (Å²) >= 11 is 0. The number of hydrogen-bond acceptors (Lipinski definition) is 1. The zero-order valence-corrected chi connectivity index (χ0v) is 8.68. The first-order valence-electron chi connectivity index (χ1n) is 5.43. The minimum Gasteiger partial charge on any atom is -0.344 e. The van der Waals surface area contributed by atoms with Crippen molar-refractivity contribution in [3.8, 4) is 0 Å². The first kappa shape index (κ1) is 9.04. The van der Waals surface area contributed by atoms with Crippen molar-refractivity contribution in [2.24, 2.45) is 11.3 Å². The summed E-state index contributed by atoms with van der Waals surface area (Å²) in [4.78, 5) is 13.5. The van der Waals surface area contributed by atoms with Gasteiger partial charge in [0.2, 0.25) is 5.91 Å². The van der Waals surface area contributed by atoms with Gasteiger partial charge in [0.15, 0.2) is 0 Å². The first-order valence-corrected chi connectivity index (χ1v) is 5.43. The van der Waals surface area contributed by atoms with Gasteiger partial charge in [-0.15, -0.1) is 0 Å². The van der Waals surface area contributed by atoms with Crippen LogP contribution in [0, 0.1) is 11.3 Å². The second-order valence-corrected chi connectivity index (χ2v) is 4.79. The fourth-order valence-corrected chi connectivity index (χ4v) is 2.92. The molecule has 2 fully saturated rings. The Balaban J connectivity index is 1.95. The molecule has 0 bridgehead atoms. The van der Waals surface area contributed by atoms with Gasteiger partial charge in [-0.25, -0.2) is 0 Å². The van der Waals surface area contributed by atoms with Gasteiger partial charge in [-0.3, -0.25) is 4.79 Å². The van der Waals surface area contributed by atoms with E-state index in [9.17, 15) is 4.79 Å². The lowest BCUT2D eigenvalue weighted by atomic mass is 9.65. The number of nitrogens with zero attached hydrogens (tertiary/aromatic N) is 1. The van der Waals surface area contributed by atoms with Crippen molar-refractivity contribution in [2.45, 2.75) is 39.0 Å². The lowest BCUT2D eigenvalue weighted by molar-refractivity contribution is -0.161. The normalized spacial score (nSPS) is 39.4. The van der Waals surface area contributed by atoms with Crippen LogP contribution < -0.4 is 0 Å². The van der Waals surface area contributed by atoms with Crippen LogP contribution >= 0.6 is 0 Å². The summed E-state index contributed by atoms with van der Waals surface area (Å²) in [5.41, 5.74) is 0.0976. The molecule has 1 aliphatic carbocycles. The fourth-order valence-electron chi connectivity index (χ4n) is 2.92. The van der Waals surface area contributed by atoms with Crippen LogP contribution in [0.1, 0.15) is 39.0 Å². The van der Waals surface area contributed by atoms with Crippen molar-refractivity contribution < 1.29 is 4.79 Å². The maximum absolute atomic E-state index is 11.7. The van der Waals surface area contributed by atoms with E-state index in [1.807, 2.05) is 11.9 Å².